The number of nitrogens with one attached hydrogen (secondary N) is 1. The zero-order valence-corrected chi connectivity index (χ0v) is 27.1. The molecule has 2 amide bonds. The summed E-state index contributed by atoms with van der Waals surface area (Å²) in [5, 5.41) is 3.81. The van der Waals surface area contributed by atoms with E-state index in [9.17, 15) is 18.8 Å². The summed E-state index contributed by atoms with van der Waals surface area (Å²) in [6.07, 6.45) is 12.3. The van der Waals surface area contributed by atoms with Crippen LogP contribution in [0, 0.1) is 29.6 Å². The number of alkyl halides is 1. The minimum Gasteiger partial charge on any atom is -0.460 e. The van der Waals surface area contributed by atoms with Gasteiger partial charge >= 0.3 is 5.97 Å². The zero-order valence-electron chi connectivity index (χ0n) is 27.1. The molecule has 2 heterocycles. The molecule has 0 bridgehead atoms. The third kappa shape index (κ3) is 7.28. The van der Waals surface area contributed by atoms with Crippen LogP contribution in [0.3, 0.4) is 0 Å². The Morgan fingerprint density at radius 1 is 1.00 bits per heavy atom. The number of rotatable bonds is 10. The van der Waals surface area contributed by atoms with Crippen LogP contribution in [-0.2, 0) is 19.1 Å². The van der Waals surface area contributed by atoms with Crippen molar-refractivity contribution in [2.24, 2.45) is 35.3 Å². The summed E-state index contributed by atoms with van der Waals surface area (Å²) in [5.41, 5.74) is 7.10. The Labute approximate surface area is 271 Å². The zero-order chi connectivity index (χ0) is 32.2. The highest BCUT2D eigenvalue weighted by Crippen LogP contribution is 2.42. The van der Waals surface area contributed by atoms with E-state index in [2.05, 4.69) is 5.32 Å². The maximum absolute atomic E-state index is 14.1. The number of carbonyl (C=O) groups excluding carboxylic acids is 3. The number of carbonyl (C=O) groups is 3. The number of halogens is 1. The number of amides is 2. The largest absolute Gasteiger partial charge is 0.460 e. The van der Waals surface area contributed by atoms with Crippen molar-refractivity contribution >= 4 is 34.4 Å². The SMILES string of the molecule is COC1CCC([C@@H]2CCN(C(=O)[C@H]3CC[C@H]([C@H](N)CF)CC3)C2C(=O)Nc2ccc3oc(C(=O)OCC4CCCC4)cc3c2)CC1. The summed E-state index contributed by atoms with van der Waals surface area (Å²) < 4.78 is 30.1. The second kappa shape index (κ2) is 14.8. The van der Waals surface area contributed by atoms with E-state index < -0.39 is 24.7 Å². The van der Waals surface area contributed by atoms with Gasteiger partial charge in [-0.1, -0.05) is 12.8 Å². The molecule has 10 heteroatoms. The third-order valence-electron chi connectivity index (χ3n) is 11.5. The molecule has 0 spiro atoms. The Hall–Kier alpha value is -2.98. The summed E-state index contributed by atoms with van der Waals surface area (Å²) in [7, 11) is 1.76. The topological polar surface area (TPSA) is 124 Å². The predicted octanol–water partition coefficient (Wildman–Crippen LogP) is 6.24. The van der Waals surface area contributed by atoms with Crippen LogP contribution >= 0.6 is 0 Å². The van der Waals surface area contributed by atoms with Crippen LogP contribution in [0.15, 0.2) is 28.7 Å². The Kier molecular flexibility index (Phi) is 10.6. The van der Waals surface area contributed by atoms with Crippen molar-refractivity contribution in [3.8, 4) is 0 Å². The van der Waals surface area contributed by atoms with E-state index in [1.807, 2.05) is 4.90 Å². The fourth-order valence-electron chi connectivity index (χ4n) is 8.68. The second-order valence-corrected chi connectivity index (χ2v) is 14.2. The number of nitrogens with two attached hydrogens (primary N) is 1. The van der Waals surface area contributed by atoms with Gasteiger partial charge in [0.05, 0.1) is 12.7 Å². The first-order chi connectivity index (χ1) is 22.3. The molecular formula is C36H50FN3O6. The molecule has 46 heavy (non-hydrogen) atoms. The molecule has 4 fully saturated rings. The summed E-state index contributed by atoms with van der Waals surface area (Å²) in [6, 6.07) is 5.95. The maximum Gasteiger partial charge on any atom is 0.374 e. The van der Waals surface area contributed by atoms with Crippen LogP contribution in [0.5, 0.6) is 0 Å². The standard InChI is InChI=1S/C36H50FN3O6/c1-44-28-13-10-23(11-14-28)29-16-17-40(35(42)25-8-6-24(7-9-25)30(38)20-37)33(29)34(41)39-27-12-15-31-26(18-27)19-32(46-31)36(43)45-21-22-4-2-3-5-22/h12,15,18-19,22-25,28-30,33H,2-11,13-14,16-17,20-21,38H2,1H3,(H,39,41)/t23?,24-,25-,28?,29-,30+,33?/m0/s1. The highest BCUT2D eigenvalue weighted by molar-refractivity contribution is 6.00. The molecule has 6 rings (SSSR count). The van der Waals surface area contributed by atoms with Crippen LogP contribution in [0.2, 0.25) is 0 Å². The molecule has 0 radical (unpaired) electrons. The van der Waals surface area contributed by atoms with Crippen molar-refractivity contribution < 1.29 is 32.7 Å². The number of anilines is 1. The summed E-state index contributed by atoms with van der Waals surface area (Å²) >= 11 is 0. The summed E-state index contributed by atoms with van der Waals surface area (Å²) in [6.45, 7) is 0.429. The molecule has 1 aromatic carbocycles. The molecule has 3 aliphatic carbocycles. The normalized spacial score (nSPS) is 29.6. The van der Waals surface area contributed by atoms with E-state index in [-0.39, 0.29) is 41.4 Å². The smallest absolute Gasteiger partial charge is 0.374 e. The van der Waals surface area contributed by atoms with Gasteiger partial charge in [-0.3, -0.25) is 9.59 Å². The molecule has 1 unspecified atom stereocenters. The minimum absolute atomic E-state index is 0.0338. The number of hydrogen-bond acceptors (Lipinski definition) is 7. The lowest BCUT2D eigenvalue weighted by molar-refractivity contribution is -0.142. The predicted molar refractivity (Wildman–Crippen MR) is 173 cm³/mol. The molecule has 1 saturated heterocycles. The van der Waals surface area contributed by atoms with Gasteiger partial charge in [0.1, 0.15) is 18.3 Å². The van der Waals surface area contributed by atoms with Crippen LogP contribution < -0.4 is 11.1 Å². The van der Waals surface area contributed by atoms with E-state index in [1.165, 1.54) is 12.8 Å². The Morgan fingerprint density at radius 2 is 1.74 bits per heavy atom. The maximum atomic E-state index is 14.1. The van der Waals surface area contributed by atoms with Gasteiger partial charge in [0.2, 0.25) is 17.6 Å². The molecule has 3 N–H and O–H groups in total. The Morgan fingerprint density at radius 3 is 2.43 bits per heavy atom. The fraction of sp³-hybridized carbons (Fsp3) is 0.694. The van der Waals surface area contributed by atoms with E-state index in [0.29, 0.717) is 54.5 Å². The highest BCUT2D eigenvalue weighted by atomic mass is 19.1. The van der Waals surface area contributed by atoms with Gasteiger partial charge in [-0.2, -0.15) is 0 Å². The molecule has 9 nitrogen and oxygen atoms in total. The van der Waals surface area contributed by atoms with Crippen molar-refractivity contribution in [3.63, 3.8) is 0 Å². The van der Waals surface area contributed by atoms with Gasteiger partial charge in [0.25, 0.3) is 0 Å². The molecular weight excluding hydrogens is 589 g/mol. The van der Waals surface area contributed by atoms with Gasteiger partial charge in [-0.15, -0.1) is 0 Å². The van der Waals surface area contributed by atoms with E-state index >= 15 is 0 Å². The monoisotopic (exact) mass is 639 g/mol. The minimum atomic E-state index is -0.566. The summed E-state index contributed by atoms with van der Waals surface area (Å²) in [4.78, 5) is 42.6. The lowest BCUT2D eigenvalue weighted by atomic mass is 9.75. The molecule has 2 aromatic rings. The molecule has 1 aliphatic heterocycles. The number of esters is 1. The van der Waals surface area contributed by atoms with E-state index in [1.54, 1.807) is 31.4 Å². The number of methoxy groups -OCH3 is 1. The number of fused-ring (bicyclic) bond motifs is 1. The number of hydrogen-bond donors (Lipinski definition) is 2. The van der Waals surface area contributed by atoms with Crippen molar-refractivity contribution in [1.82, 2.24) is 4.90 Å². The molecule has 252 valence electrons. The number of furan rings is 1. The lowest BCUT2D eigenvalue weighted by Crippen LogP contribution is -2.50. The molecule has 3 atom stereocenters. The van der Waals surface area contributed by atoms with Gasteiger partial charge in [0.15, 0.2) is 0 Å². The van der Waals surface area contributed by atoms with Crippen LogP contribution in [-0.4, -0.2) is 67.8 Å². The first-order valence-corrected chi connectivity index (χ1v) is 17.5. The quantitative estimate of drug-likeness (QED) is 0.295. The lowest BCUT2D eigenvalue weighted by Gasteiger charge is -2.37. The van der Waals surface area contributed by atoms with Gasteiger partial charge in [-0.25, -0.2) is 9.18 Å². The van der Waals surface area contributed by atoms with Crippen LogP contribution in [0.1, 0.15) is 94.0 Å². The van der Waals surface area contributed by atoms with Crippen molar-refractivity contribution in [2.75, 3.05) is 32.3 Å². The Balaban J connectivity index is 1.15. The summed E-state index contributed by atoms with van der Waals surface area (Å²) in [5.74, 6) is 0.287. The molecule has 4 aliphatic rings. The highest BCUT2D eigenvalue weighted by Gasteiger charge is 2.47. The van der Waals surface area contributed by atoms with Crippen LogP contribution in [0.25, 0.3) is 11.0 Å². The van der Waals surface area contributed by atoms with E-state index in [0.717, 1.165) is 57.8 Å². The number of ether oxygens (including phenoxy) is 2. The van der Waals surface area contributed by atoms with Crippen molar-refractivity contribution in [3.05, 3.63) is 30.0 Å². The molecule has 1 aromatic heterocycles. The second-order valence-electron chi connectivity index (χ2n) is 14.2. The van der Waals surface area contributed by atoms with Gasteiger partial charge < -0.3 is 29.8 Å². The first kappa shape index (κ1) is 32.9. The number of nitrogens with zero attached hydrogens (tertiary/aromatic N) is 1. The van der Waals surface area contributed by atoms with E-state index in [4.69, 9.17) is 19.6 Å². The molecule has 3 saturated carbocycles. The average Bonchev–Trinajstić information content (AvgIpc) is 3.87. The van der Waals surface area contributed by atoms with Gasteiger partial charge in [-0.05, 0) is 119 Å². The van der Waals surface area contributed by atoms with Crippen molar-refractivity contribution in [2.45, 2.75) is 102 Å². The van der Waals surface area contributed by atoms with Crippen molar-refractivity contribution in [1.29, 1.82) is 0 Å². The number of likely N-dealkylation sites (tertiary alicyclic amines) is 1. The van der Waals surface area contributed by atoms with Gasteiger partial charge in [0, 0.05) is 36.7 Å². The Bertz CT molecular complexity index is 1360. The fourth-order valence-corrected chi connectivity index (χ4v) is 8.68. The third-order valence-corrected chi connectivity index (χ3v) is 11.5. The first-order valence-electron chi connectivity index (χ1n) is 17.5. The average molecular weight is 640 g/mol. The van der Waals surface area contributed by atoms with Crippen LogP contribution in [0.4, 0.5) is 10.1 Å². The number of benzene rings is 1.